The summed E-state index contributed by atoms with van der Waals surface area (Å²) in [6.07, 6.45) is 1.13. The molecule has 2 heterocycles. The Morgan fingerprint density at radius 2 is 1.71 bits per heavy atom. The number of nitrogens with zero attached hydrogens (tertiary/aromatic N) is 1. The van der Waals surface area contributed by atoms with Gasteiger partial charge in [0.1, 0.15) is 0 Å². The van der Waals surface area contributed by atoms with Crippen LogP contribution in [0.2, 0.25) is 0 Å². The molecule has 2 aliphatic rings. The number of fused-ring (bicyclic) bond motifs is 2. The van der Waals surface area contributed by atoms with Gasteiger partial charge in [-0.25, -0.2) is 0 Å². The highest BCUT2D eigenvalue weighted by molar-refractivity contribution is 5.86. The normalized spacial score (nSPS) is 34.9. The van der Waals surface area contributed by atoms with E-state index in [4.69, 9.17) is 4.74 Å². The monoisotopic (exact) mass is 241 g/mol. The van der Waals surface area contributed by atoms with Gasteiger partial charge in [0.2, 0.25) is 5.91 Å². The van der Waals surface area contributed by atoms with E-state index in [2.05, 4.69) is 0 Å². The number of carboxylic acids is 1. The SMILES string of the molecule is CCN(CC)C(=O)C1C2CCC(O2)C1C(=O)O. The van der Waals surface area contributed by atoms with Gasteiger partial charge in [0.25, 0.3) is 0 Å². The smallest absolute Gasteiger partial charge is 0.310 e. The summed E-state index contributed by atoms with van der Waals surface area (Å²) in [5, 5.41) is 9.23. The molecule has 0 aromatic carbocycles. The van der Waals surface area contributed by atoms with Gasteiger partial charge in [-0.3, -0.25) is 9.59 Å². The minimum atomic E-state index is -0.900. The molecule has 4 atom stereocenters. The van der Waals surface area contributed by atoms with E-state index < -0.39 is 17.8 Å². The van der Waals surface area contributed by atoms with E-state index in [1.165, 1.54) is 0 Å². The Morgan fingerprint density at radius 1 is 1.18 bits per heavy atom. The zero-order valence-electron chi connectivity index (χ0n) is 10.3. The minimum absolute atomic E-state index is 0.0606. The van der Waals surface area contributed by atoms with E-state index >= 15 is 0 Å². The molecule has 5 heteroatoms. The molecule has 0 radical (unpaired) electrons. The van der Waals surface area contributed by atoms with Crippen molar-refractivity contribution in [2.24, 2.45) is 11.8 Å². The molecule has 0 aromatic heterocycles. The Hall–Kier alpha value is -1.10. The van der Waals surface area contributed by atoms with E-state index in [1.54, 1.807) is 4.90 Å². The molecule has 2 rings (SSSR count). The number of hydrogen-bond acceptors (Lipinski definition) is 3. The number of amides is 1. The summed E-state index contributed by atoms with van der Waals surface area (Å²) in [4.78, 5) is 25.2. The van der Waals surface area contributed by atoms with Crippen LogP contribution in [0.5, 0.6) is 0 Å². The van der Waals surface area contributed by atoms with Crippen LogP contribution in [0.15, 0.2) is 0 Å². The highest BCUT2D eigenvalue weighted by atomic mass is 16.5. The predicted molar refractivity (Wildman–Crippen MR) is 60.4 cm³/mol. The maximum absolute atomic E-state index is 12.3. The fraction of sp³-hybridized carbons (Fsp3) is 0.833. The first-order chi connectivity index (χ1) is 8.10. The van der Waals surface area contributed by atoms with Crippen LogP contribution in [0.1, 0.15) is 26.7 Å². The number of carboxylic acid groups (broad SMARTS) is 1. The lowest BCUT2D eigenvalue weighted by Gasteiger charge is -2.29. The first kappa shape index (κ1) is 12.4. The van der Waals surface area contributed by atoms with Crippen LogP contribution >= 0.6 is 0 Å². The standard InChI is InChI=1S/C12H19NO4/c1-3-13(4-2)11(14)9-7-5-6-8(17-7)10(9)12(15)16/h7-10H,3-6H2,1-2H3,(H,15,16). The molecule has 2 saturated heterocycles. The number of hydrogen-bond donors (Lipinski definition) is 1. The van der Waals surface area contributed by atoms with Gasteiger partial charge in [0.05, 0.1) is 24.0 Å². The van der Waals surface area contributed by atoms with Gasteiger partial charge in [0.15, 0.2) is 0 Å². The summed E-state index contributed by atoms with van der Waals surface area (Å²) in [6.45, 7) is 5.06. The molecule has 5 nitrogen and oxygen atoms in total. The molecule has 2 aliphatic heterocycles. The number of ether oxygens (including phenoxy) is 1. The molecule has 4 unspecified atom stereocenters. The van der Waals surface area contributed by atoms with Crippen molar-refractivity contribution in [2.45, 2.75) is 38.9 Å². The molecular weight excluding hydrogens is 222 g/mol. The van der Waals surface area contributed by atoms with Gasteiger partial charge in [-0.05, 0) is 26.7 Å². The summed E-state index contributed by atoms with van der Waals surface area (Å²) >= 11 is 0. The molecule has 17 heavy (non-hydrogen) atoms. The number of carbonyl (C=O) groups is 2. The van der Waals surface area contributed by atoms with Crippen LogP contribution in [0.4, 0.5) is 0 Å². The molecule has 0 saturated carbocycles. The van der Waals surface area contributed by atoms with Crippen molar-refractivity contribution < 1.29 is 19.4 Å². The van der Waals surface area contributed by atoms with Crippen LogP contribution < -0.4 is 0 Å². The summed E-state index contributed by atoms with van der Waals surface area (Å²) in [5.41, 5.74) is 0. The van der Waals surface area contributed by atoms with Crippen LogP contribution in [0.3, 0.4) is 0 Å². The largest absolute Gasteiger partial charge is 0.481 e. The van der Waals surface area contributed by atoms with Gasteiger partial charge in [0, 0.05) is 13.1 Å². The lowest BCUT2D eigenvalue weighted by Crippen LogP contribution is -2.45. The summed E-state index contributed by atoms with van der Waals surface area (Å²) < 4.78 is 5.59. The average molecular weight is 241 g/mol. The molecule has 96 valence electrons. The number of carbonyl (C=O) groups excluding carboxylic acids is 1. The van der Waals surface area contributed by atoms with Gasteiger partial charge in [-0.2, -0.15) is 0 Å². The Morgan fingerprint density at radius 3 is 2.18 bits per heavy atom. The van der Waals surface area contributed by atoms with Crippen molar-refractivity contribution in [1.29, 1.82) is 0 Å². The Labute approximate surface area is 101 Å². The van der Waals surface area contributed by atoms with Crippen molar-refractivity contribution in [2.75, 3.05) is 13.1 Å². The lowest BCUT2D eigenvalue weighted by molar-refractivity contribution is -0.150. The third-order valence-corrected chi connectivity index (χ3v) is 3.92. The zero-order chi connectivity index (χ0) is 12.6. The third-order valence-electron chi connectivity index (χ3n) is 3.92. The van der Waals surface area contributed by atoms with E-state index in [0.717, 1.165) is 12.8 Å². The van der Waals surface area contributed by atoms with Crippen molar-refractivity contribution in [1.82, 2.24) is 4.90 Å². The van der Waals surface area contributed by atoms with Crippen molar-refractivity contribution in [3.63, 3.8) is 0 Å². The fourth-order valence-electron chi connectivity index (χ4n) is 3.05. The van der Waals surface area contributed by atoms with E-state index in [-0.39, 0.29) is 18.1 Å². The highest BCUT2D eigenvalue weighted by Crippen LogP contribution is 2.44. The second kappa shape index (κ2) is 4.64. The van der Waals surface area contributed by atoms with Crippen molar-refractivity contribution >= 4 is 11.9 Å². The van der Waals surface area contributed by atoms with Crippen LogP contribution in [0, 0.1) is 11.8 Å². The predicted octanol–water partition coefficient (Wildman–Crippen LogP) is 0.733. The van der Waals surface area contributed by atoms with Crippen molar-refractivity contribution in [3.8, 4) is 0 Å². The topological polar surface area (TPSA) is 66.8 Å². The van der Waals surface area contributed by atoms with E-state index in [0.29, 0.717) is 13.1 Å². The van der Waals surface area contributed by atoms with Crippen LogP contribution in [-0.2, 0) is 14.3 Å². The lowest BCUT2D eigenvalue weighted by atomic mass is 9.78. The van der Waals surface area contributed by atoms with E-state index in [1.807, 2.05) is 13.8 Å². The molecule has 0 aromatic rings. The fourth-order valence-corrected chi connectivity index (χ4v) is 3.05. The van der Waals surface area contributed by atoms with Gasteiger partial charge in [-0.1, -0.05) is 0 Å². The summed E-state index contributed by atoms with van der Waals surface area (Å²) in [6, 6.07) is 0. The number of rotatable bonds is 4. The highest BCUT2D eigenvalue weighted by Gasteiger charge is 2.56. The molecule has 2 bridgehead atoms. The summed E-state index contributed by atoms with van der Waals surface area (Å²) in [7, 11) is 0. The van der Waals surface area contributed by atoms with Gasteiger partial charge >= 0.3 is 5.97 Å². The molecule has 2 fully saturated rings. The molecule has 1 amide bonds. The Bertz CT molecular complexity index is 326. The minimum Gasteiger partial charge on any atom is -0.481 e. The van der Waals surface area contributed by atoms with Crippen LogP contribution in [-0.4, -0.2) is 47.2 Å². The Kier molecular flexibility index (Phi) is 3.38. The Balaban J connectivity index is 2.18. The quantitative estimate of drug-likeness (QED) is 0.788. The maximum Gasteiger partial charge on any atom is 0.310 e. The maximum atomic E-state index is 12.3. The zero-order valence-corrected chi connectivity index (χ0v) is 10.3. The van der Waals surface area contributed by atoms with Gasteiger partial charge < -0.3 is 14.7 Å². The first-order valence-corrected chi connectivity index (χ1v) is 6.27. The second-order valence-electron chi connectivity index (χ2n) is 4.69. The summed E-state index contributed by atoms with van der Waals surface area (Å²) in [5.74, 6) is -2.09. The average Bonchev–Trinajstić information content (AvgIpc) is 2.89. The number of aliphatic carboxylic acids is 1. The van der Waals surface area contributed by atoms with Gasteiger partial charge in [-0.15, -0.1) is 0 Å². The molecular formula is C12H19NO4. The van der Waals surface area contributed by atoms with Crippen LogP contribution in [0.25, 0.3) is 0 Å². The second-order valence-corrected chi connectivity index (χ2v) is 4.69. The first-order valence-electron chi connectivity index (χ1n) is 6.27. The van der Waals surface area contributed by atoms with Crippen molar-refractivity contribution in [3.05, 3.63) is 0 Å². The molecule has 1 N–H and O–H groups in total. The molecule has 0 aliphatic carbocycles. The van der Waals surface area contributed by atoms with E-state index in [9.17, 15) is 14.7 Å². The molecule has 0 spiro atoms. The third kappa shape index (κ3) is 1.92.